The Labute approximate surface area is 177 Å². The Morgan fingerprint density at radius 3 is 0.929 bits per heavy atom. The lowest BCUT2D eigenvalue weighted by Gasteiger charge is -2.48. The van der Waals surface area contributed by atoms with E-state index in [1.165, 1.54) is 51.4 Å². The van der Waals surface area contributed by atoms with Gasteiger partial charge in [0, 0.05) is 0 Å². The molecule has 0 bridgehead atoms. The molecule has 0 radical (unpaired) electrons. The van der Waals surface area contributed by atoms with Crippen LogP contribution in [0, 0.1) is 0 Å². The van der Waals surface area contributed by atoms with E-state index in [9.17, 15) is 0 Å². The first-order valence-electron chi connectivity index (χ1n) is 11.8. The second-order valence-corrected chi connectivity index (χ2v) is 13.7. The first-order valence-corrected chi connectivity index (χ1v) is 15.7. The van der Waals surface area contributed by atoms with Crippen molar-refractivity contribution < 1.29 is 8.23 Å². The van der Waals surface area contributed by atoms with Crippen molar-refractivity contribution in [3.05, 3.63) is 47.1 Å². The molecule has 1 heterocycles. The van der Waals surface area contributed by atoms with Crippen LogP contribution < -0.4 is 0 Å². The van der Waals surface area contributed by atoms with Gasteiger partial charge in [0.15, 0.2) is 0 Å². The van der Waals surface area contributed by atoms with Crippen LogP contribution in [0.5, 0.6) is 0 Å². The van der Waals surface area contributed by atoms with Crippen LogP contribution in [0.25, 0.3) is 0 Å². The van der Waals surface area contributed by atoms with E-state index in [2.05, 4.69) is 74.8 Å². The number of rotatable bonds is 16. The largest absolute Gasteiger partial charge is 0.403 e. The molecule has 1 aliphatic heterocycles. The van der Waals surface area contributed by atoms with Crippen molar-refractivity contribution in [2.45, 2.75) is 105 Å². The summed E-state index contributed by atoms with van der Waals surface area (Å²) in [5.74, 6) is 0. The second kappa shape index (κ2) is 15.2. The van der Waals surface area contributed by atoms with E-state index in [1.54, 1.807) is 0 Å². The van der Waals surface area contributed by atoms with Crippen LogP contribution in [0.2, 0.25) is 0 Å². The van der Waals surface area contributed by atoms with Gasteiger partial charge in [0.05, 0.1) is 0 Å². The fraction of sp³-hybridized carbons (Fsp3) is 0.667. The van der Waals surface area contributed by atoms with Crippen LogP contribution in [0.1, 0.15) is 105 Å². The number of unbranched alkanes of at least 4 members (excludes halogenated alkanes) is 8. The SMILES string of the molecule is CCCCC=C[Si]1(C=CCCCC)O[Si](C=CCCCC)(C=CCCCC)O1. The van der Waals surface area contributed by atoms with Crippen molar-refractivity contribution in [1.82, 2.24) is 0 Å². The lowest BCUT2D eigenvalue weighted by atomic mass is 10.2. The Bertz CT molecular complexity index is 419. The van der Waals surface area contributed by atoms with Gasteiger partial charge in [-0.05, 0) is 48.5 Å². The van der Waals surface area contributed by atoms with Crippen LogP contribution in [0.4, 0.5) is 0 Å². The summed E-state index contributed by atoms with van der Waals surface area (Å²) in [6, 6.07) is 0. The summed E-state index contributed by atoms with van der Waals surface area (Å²) in [5, 5.41) is 0. The summed E-state index contributed by atoms with van der Waals surface area (Å²) in [5.41, 5.74) is 9.10. The highest BCUT2D eigenvalue weighted by molar-refractivity contribution is 7.03. The highest BCUT2D eigenvalue weighted by Gasteiger charge is 2.57. The normalized spacial score (nSPS) is 25.6. The molecule has 0 saturated carbocycles. The molecule has 0 unspecified atom stereocenters. The van der Waals surface area contributed by atoms with Gasteiger partial charge < -0.3 is 8.23 Å². The van der Waals surface area contributed by atoms with E-state index >= 15 is 0 Å². The van der Waals surface area contributed by atoms with Gasteiger partial charge in [-0.15, -0.1) is 0 Å². The maximum atomic E-state index is 6.74. The van der Waals surface area contributed by atoms with Crippen LogP contribution >= 0.6 is 0 Å². The Morgan fingerprint density at radius 1 is 0.464 bits per heavy atom. The first kappa shape index (κ1) is 25.4. The zero-order valence-electron chi connectivity index (χ0n) is 18.9. The summed E-state index contributed by atoms with van der Waals surface area (Å²) in [7, 11) is -4.63. The smallest absolute Gasteiger partial charge is 0.374 e. The molecular formula is C24H44O2Si2. The average Bonchev–Trinajstić information content (AvgIpc) is 2.67. The lowest BCUT2D eigenvalue weighted by molar-refractivity contribution is 0.261. The van der Waals surface area contributed by atoms with E-state index < -0.39 is 17.1 Å². The first-order chi connectivity index (χ1) is 13.7. The standard InChI is InChI=1S/C24H44O2Si2/c1-5-9-13-17-21-27(22-18-14-10-6-2)25-28(26-27,23-19-15-11-7-3)24-20-16-12-8-4/h17-24H,5-16H2,1-4H3. The van der Waals surface area contributed by atoms with Gasteiger partial charge >= 0.3 is 17.1 Å². The molecule has 1 fully saturated rings. The molecule has 1 rings (SSSR count). The maximum Gasteiger partial charge on any atom is 0.374 e. The van der Waals surface area contributed by atoms with Gasteiger partial charge in [-0.1, -0.05) is 103 Å². The van der Waals surface area contributed by atoms with E-state index in [0.29, 0.717) is 0 Å². The fourth-order valence-corrected chi connectivity index (χ4v) is 11.6. The van der Waals surface area contributed by atoms with E-state index in [4.69, 9.17) is 8.23 Å². The Balaban J connectivity index is 2.86. The molecular weight excluding hydrogens is 376 g/mol. The second-order valence-electron chi connectivity index (χ2n) is 7.83. The summed E-state index contributed by atoms with van der Waals surface area (Å²) in [6.07, 6.45) is 23.5. The minimum atomic E-state index is -2.32. The third-order valence-electron chi connectivity index (χ3n) is 4.94. The molecule has 0 aromatic carbocycles. The molecule has 4 heteroatoms. The number of hydrogen-bond acceptors (Lipinski definition) is 2. The van der Waals surface area contributed by atoms with Crippen LogP contribution in [0.15, 0.2) is 47.1 Å². The van der Waals surface area contributed by atoms with Crippen molar-refractivity contribution in [2.75, 3.05) is 0 Å². The van der Waals surface area contributed by atoms with Gasteiger partial charge in [0.2, 0.25) is 0 Å². The molecule has 1 aliphatic rings. The topological polar surface area (TPSA) is 18.5 Å². The van der Waals surface area contributed by atoms with Gasteiger partial charge in [0.25, 0.3) is 0 Å². The molecule has 1 saturated heterocycles. The third-order valence-corrected chi connectivity index (χ3v) is 12.8. The maximum absolute atomic E-state index is 6.74. The predicted octanol–water partition coefficient (Wildman–Crippen LogP) is 8.06. The molecule has 0 aromatic rings. The zero-order chi connectivity index (χ0) is 20.6. The molecule has 0 atom stereocenters. The van der Waals surface area contributed by atoms with Gasteiger partial charge in [-0.3, -0.25) is 0 Å². The summed E-state index contributed by atoms with van der Waals surface area (Å²) in [6.45, 7) is 8.95. The Kier molecular flexibility index (Phi) is 13.8. The molecule has 28 heavy (non-hydrogen) atoms. The van der Waals surface area contributed by atoms with Gasteiger partial charge in [0.1, 0.15) is 0 Å². The molecule has 160 valence electrons. The highest BCUT2D eigenvalue weighted by atomic mass is 28.5. The molecule has 0 amide bonds. The van der Waals surface area contributed by atoms with Crippen LogP contribution in [-0.4, -0.2) is 17.1 Å². The highest BCUT2D eigenvalue weighted by Crippen LogP contribution is 2.36. The molecule has 2 nitrogen and oxygen atoms in total. The third kappa shape index (κ3) is 9.68. The molecule has 0 spiro atoms. The summed E-state index contributed by atoms with van der Waals surface area (Å²) >= 11 is 0. The molecule has 0 N–H and O–H groups in total. The van der Waals surface area contributed by atoms with Crippen LogP contribution in [0.3, 0.4) is 0 Å². The Morgan fingerprint density at radius 2 is 0.714 bits per heavy atom. The average molecular weight is 421 g/mol. The van der Waals surface area contributed by atoms with E-state index in [0.717, 1.165) is 25.7 Å². The van der Waals surface area contributed by atoms with Gasteiger partial charge in [-0.25, -0.2) is 0 Å². The minimum absolute atomic E-state index is 1.12. The summed E-state index contributed by atoms with van der Waals surface area (Å²) in [4.78, 5) is 0. The molecule has 0 aliphatic carbocycles. The fourth-order valence-electron chi connectivity index (χ4n) is 3.17. The van der Waals surface area contributed by atoms with Crippen molar-refractivity contribution in [2.24, 2.45) is 0 Å². The Hall–Kier alpha value is -0.686. The van der Waals surface area contributed by atoms with Gasteiger partial charge in [-0.2, -0.15) is 0 Å². The predicted molar refractivity (Wildman–Crippen MR) is 128 cm³/mol. The quantitative estimate of drug-likeness (QED) is 0.186. The lowest BCUT2D eigenvalue weighted by Crippen LogP contribution is -2.67. The number of allylic oxidation sites excluding steroid dienone is 4. The van der Waals surface area contributed by atoms with Crippen molar-refractivity contribution >= 4 is 17.1 Å². The molecule has 0 aromatic heterocycles. The van der Waals surface area contributed by atoms with Crippen molar-refractivity contribution in [3.8, 4) is 0 Å². The summed E-state index contributed by atoms with van der Waals surface area (Å²) < 4.78 is 13.5. The monoisotopic (exact) mass is 420 g/mol. The van der Waals surface area contributed by atoms with Crippen molar-refractivity contribution in [1.29, 1.82) is 0 Å². The van der Waals surface area contributed by atoms with Crippen LogP contribution in [-0.2, 0) is 8.23 Å². The number of hydrogen-bond donors (Lipinski definition) is 0. The minimum Gasteiger partial charge on any atom is -0.403 e. The van der Waals surface area contributed by atoms with E-state index in [-0.39, 0.29) is 0 Å². The van der Waals surface area contributed by atoms with Crippen molar-refractivity contribution in [3.63, 3.8) is 0 Å². The zero-order valence-corrected chi connectivity index (χ0v) is 20.9. The van der Waals surface area contributed by atoms with E-state index in [1.807, 2.05) is 0 Å².